The van der Waals surface area contributed by atoms with Gasteiger partial charge in [0.2, 0.25) is 10.0 Å². The molecule has 0 aliphatic carbocycles. The molecule has 0 spiro atoms. The van der Waals surface area contributed by atoms with Gasteiger partial charge in [-0.1, -0.05) is 12.1 Å². The van der Waals surface area contributed by atoms with E-state index in [0.29, 0.717) is 19.8 Å². The highest BCUT2D eigenvalue weighted by Gasteiger charge is 2.14. The van der Waals surface area contributed by atoms with E-state index in [1.54, 1.807) is 18.3 Å². The van der Waals surface area contributed by atoms with Gasteiger partial charge in [0.05, 0.1) is 24.2 Å². The summed E-state index contributed by atoms with van der Waals surface area (Å²) in [6.45, 7) is 5.14. The Kier molecular flexibility index (Phi) is 6.68. The van der Waals surface area contributed by atoms with Crippen LogP contribution in [0.1, 0.15) is 24.1 Å². The van der Waals surface area contributed by atoms with Gasteiger partial charge in [0.15, 0.2) is 0 Å². The number of morpholine rings is 1. The average Bonchev–Trinajstić information content (AvgIpc) is 2.72. The molecule has 1 aliphatic rings. The third-order valence-electron chi connectivity index (χ3n) is 4.65. The third kappa shape index (κ3) is 5.89. The van der Waals surface area contributed by atoms with E-state index in [2.05, 4.69) is 20.5 Å². The number of nitrogens with one attached hydrogen (secondary N) is 2. The quantitative estimate of drug-likeness (QED) is 0.644. The van der Waals surface area contributed by atoms with Crippen LogP contribution in [0.25, 0.3) is 0 Å². The van der Waals surface area contributed by atoms with Crippen LogP contribution in [-0.2, 0) is 21.3 Å². The van der Waals surface area contributed by atoms with E-state index in [9.17, 15) is 13.2 Å². The van der Waals surface area contributed by atoms with Crippen LogP contribution >= 0.6 is 0 Å². The maximum atomic E-state index is 12.2. The van der Waals surface area contributed by atoms with Gasteiger partial charge in [0.25, 0.3) is 0 Å². The Morgan fingerprint density at radius 3 is 2.59 bits per heavy atom. The Morgan fingerprint density at radius 1 is 1.24 bits per heavy atom. The molecule has 10 heteroatoms. The van der Waals surface area contributed by atoms with Crippen molar-refractivity contribution in [1.82, 2.24) is 15.6 Å². The van der Waals surface area contributed by atoms with Gasteiger partial charge >= 0.3 is 6.03 Å². The summed E-state index contributed by atoms with van der Waals surface area (Å²) in [5.74, 6) is 0.872. The molecule has 29 heavy (non-hydrogen) atoms. The summed E-state index contributed by atoms with van der Waals surface area (Å²) in [4.78, 5) is 18.8. The number of benzene rings is 1. The maximum Gasteiger partial charge on any atom is 0.315 e. The maximum absolute atomic E-state index is 12.2. The summed E-state index contributed by atoms with van der Waals surface area (Å²) in [7, 11) is -3.73. The monoisotopic (exact) mass is 419 g/mol. The van der Waals surface area contributed by atoms with Gasteiger partial charge in [-0.25, -0.2) is 23.3 Å². The second kappa shape index (κ2) is 9.21. The minimum absolute atomic E-state index is 0.0339. The van der Waals surface area contributed by atoms with Crippen molar-refractivity contribution in [3.63, 3.8) is 0 Å². The van der Waals surface area contributed by atoms with Crippen LogP contribution in [0.2, 0.25) is 0 Å². The van der Waals surface area contributed by atoms with Crippen LogP contribution < -0.4 is 20.7 Å². The molecule has 3 rings (SSSR count). The fourth-order valence-corrected chi connectivity index (χ4v) is 3.51. The second-order valence-corrected chi connectivity index (χ2v) is 8.35. The molecule has 1 aromatic heterocycles. The van der Waals surface area contributed by atoms with E-state index >= 15 is 0 Å². The summed E-state index contributed by atoms with van der Waals surface area (Å²) < 4.78 is 28.0. The Balaban J connectivity index is 1.53. The van der Waals surface area contributed by atoms with Gasteiger partial charge in [-0.2, -0.15) is 0 Å². The zero-order valence-corrected chi connectivity index (χ0v) is 17.0. The molecule has 2 heterocycles. The number of nitrogens with two attached hydrogens (primary N) is 1. The van der Waals surface area contributed by atoms with Gasteiger partial charge in [-0.3, -0.25) is 0 Å². The number of hydrogen-bond acceptors (Lipinski definition) is 6. The Bertz CT molecular complexity index is 943. The Morgan fingerprint density at radius 2 is 1.93 bits per heavy atom. The molecule has 1 aliphatic heterocycles. The molecule has 1 fully saturated rings. The smallest absolute Gasteiger partial charge is 0.315 e. The van der Waals surface area contributed by atoms with Crippen LogP contribution in [0, 0.1) is 0 Å². The molecule has 2 amide bonds. The van der Waals surface area contributed by atoms with Crippen molar-refractivity contribution in [3.8, 4) is 0 Å². The normalized spacial score (nSPS) is 15.6. The van der Waals surface area contributed by atoms with Crippen LogP contribution in [0.3, 0.4) is 0 Å². The van der Waals surface area contributed by atoms with Crippen molar-refractivity contribution in [2.75, 3.05) is 31.2 Å². The fraction of sp³-hybridized carbons (Fsp3) is 0.368. The van der Waals surface area contributed by atoms with E-state index < -0.39 is 10.0 Å². The highest BCUT2D eigenvalue weighted by atomic mass is 32.2. The van der Waals surface area contributed by atoms with Gasteiger partial charge in [-0.15, -0.1) is 0 Å². The lowest BCUT2D eigenvalue weighted by atomic mass is 10.1. The highest BCUT2D eigenvalue weighted by molar-refractivity contribution is 7.89. The summed E-state index contributed by atoms with van der Waals surface area (Å²) >= 11 is 0. The van der Waals surface area contributed by atoms with Crippen molar-refractivity contribution in [3.05, 3.63) is 53.7 Å². The minimum atomic E-state index is -3.73. The van der Waals surface area contributed by atoms with E-state index in [1.807, 2.05) is 19.1 Å². The summed E-state index contributed by atoms with van der Waals surface area (Å²) in [6, 6.07) is 9.30. The first-order valence-electron chi connectivity index (χ1n) is 9.28. The second-order valence-electron chi connectivity index (χ2n) is 6.78. The fourth-order valence-electron chi connectivity index (χ4n) is 3.00. The molecule has 0 saturated carbocycles. The minimum Gasteiger partial charge on any atom is -0.378 e. The average molecular weight is 420 g/mol. The molecule has 0 radical (unpaired) electrons. The number of anilines is 1. The lowest BCUT2D eigenvalue weighted by Crippen LogP contribution is -2.37. The number of pyridine rings is 1. The zero-order chi connectivity index (χ0) is 20.9. The Labute approximate surface area is 170 Å². The largest absolute Gasteiger partial charge is 0.378 e. The number of sulfonamides is 1. The molecule has 1 atom stereocenters. The third-order valence-corrected chi connectivity index (χ3v) is 5.58. The number of aromatic nitrogens is 1. The first-order chi connectivity index (χ1) is 13.8. The first-order valence-corrected chi connectivity index (χ1v) is 10.8. The molecule has 2 aromatic rings. The number of primary sulfonamides is 1. The van der Waals surface area contributed by atoms with Crippen molar-refractivity contribution in [2.24, 2.45) is 5.14 Å². The number of amides is 2. The topological polar surface area (TPSA) is 127 Å². The molecular weight excluding hydrogens is 394 g/mol. The predicted molar refractivity (Wildman–Crippen MR) is 109 cm³/mol. The van der Waals surface area contributed by atoms with E-state index in [1.165, 1.54) is 12.1 Å². The van der Waals surface area contributed by atoms with Crippen molar-refractivity contribution in [1.29, 1.82) is 0 Å². The summed E-state index contributed by atoms with van der Waals surface area (Å²) in [6.07, 6.45) is 1.73. The zero-order valence-electron chi connectivity index (χ0n) is 16.2. The van der Waals surface area contributed by atoms with Gasteiger partial charge in [-0.05, 0) is 42.3 Å². The molecule has 1 saturated heterocycles. The van der Waals surface area contributed by atoms with Crippen LogP contribution in [0.15, 0.2) is 47.5 Å². The summed E-state index contributed by atoms with van der Waals surface area (Å²) in [5.41, 5.74) is 1.72. The van der Waals surface area contributed by atoms with Crippen molar-refractivity contribution < 1.29 is 17.9 Å². The van der Waals surface area contributed by atoms with E-state index in [-0.39, 0.29) is 17.0 Å². The molecule has 4 N–H and O–H groups in total. The van der Waals surface area contributed by atoms with E-state index in [0.717, 1.165) is 30.0 Å². The van der Waals surface area contributed by atoms with Gasteiger partial charge in [0, 0.05) is 25.8 Å². The molecule has 1 unspecified atom stereocenters. The molecule has 9 nitrogen and oxygen atoms in total. The lowest BCUT2D eigenvalue weighted by molar-refractivity contribution is 0.122. The lowest BCUT2D eigenvalue weighted by Gasteiger charge is -2.28. The Hall–Kier alpha value is -2.69. The van der Waals surface area contributed by atoms with Gasteiger partial charge in [0.1, 0.15) is 5.82 Å². The van der Waals surface area contributed by atoms with E-state index in [4.69, 9.17) is 9.88 Å². The van der Waals surface area contributed by atoms with Crippen molar-refractivity contribution >= 4 is 21.9 Å². The number of carbonyl (C=O) groups is 1. The SMILES string of the molecule is CC(NC(=O)NCc1ccnc(N2CCOCC2)c1)c1ccc(S(N)(=O)=O)cc1. The molecule has 156 valence electrons. The molecular formula is C19H25N5O4S. The summed E-state index contributed by atoms with van der Waals surface area (Å²) in [5, 5.41) is 10.8. The molecule has 1 aromatic carbocycles. The van der Waals surface area contributed by atoms with Crippen LogP contribution in [0.5, 0.6) is 0 Å². The molecule has 0 bridgehead atoms. The number of nitrogens with zero attached hydrogens (tertiary/aromatic N) is 2. The number of hydrogen-bond donors (Lipinski definition) is 3. The number of rotatable bonds is 6. The van der Waals surface area contributed by atoms with Crippen LogP contribution in [-0.4, -0.2) is 45.7 Å². The predicted octanol–water partition coefficient (Wildman–Crippen LogP) is 1.13. The number of ether oxygens (including phenoxy) is 1. The van der Waals surface area contributed by atoms with Gasteiger partial charge < -0.3 is 20.3 Å². The first kappa shape index (κ1) is 21.0. The number of carbonyl (C=O) groups excluding carboxylic acids is 1. The van der Waals surface area contributed by atoms with Crippen molar-refractivity contribution in [2.45, 2.75) is 24.4 Å². The highest BCUT2D eigenvalue weighted by Crippen LogP contribution is 2.16. The van der Waals surface area contributed by atoms with Crippen LogP contribution in [0.4, 0.5) is 10.6 Å². The number of urea groups is 1. The standard InChI is InChI=1S/C19H25N5O4S/c1-14(16-2-4-17(5-3-16)29(20,26)27)23-19(25)22-13-15-6-7-21-18(12-15)24-8-10-28-11-9-24/h2-7,12,14H,8-11,13H2,1H3,(H2,20,26,27)(H2,22,23,25).